The van der Waals surface area contributed by atoms with E-state index in [4.69, 9.17) is 9.26 Å². The summed E-state index contributed by atoms with van der Waals surface area (Å²) in [5, 5.41) is 3.83. The molecule has 0 atom stereocenters. The summed E-state index contributed by atoms with van der Waals surface area (Å²) in [6.45, 7) is 4.61. The van der Waals surface area contributed by atoms with Gasteiger partial charge in [0.15, 0.2) is 0 Å². The van der Waals surface area contributed by atoms with Gasteiger partial charge in [0.1, 0.15) is 11.4 Å². The van der Waals surface area contributed by atoms with E-state index in [2.05, 4.69) is 20.0 Å². The van der Waals surface area contributed by atoms with Crippen LogP contribution in [-0.2, 0) is 17.5 Å². The van der Waals surface area contributed by atoms with Crippen LogP contribution in [0.25, 0.3) is 23.0 Å². The van der Waals surface area contributed by atoms with Crippen LogP contribution < -0.4 is 4.74 Å². The Morgan fingerprint density at radius 3 is 2.25 bits per heavy atom. The van der Waals surface area contributed by atoms with Gasteiger partial charge in [-0.05, 0) is 42.0 Å². The van der Waals surface area contributed by atoms with Crippen molar-refractivity contribution in [1.82, 2.24) is 24.9 Å². The van der Waals surface area contributed by atoms with E-state index in [1.807, 2.05) is 12.1 Å². The number of rotatable bonds is 6. The van der Waals surface area contributed by atoms with Gasteiger partial charge in [0.05, 0.1) is 11.1 Å². The van der Waals surface area contributed by atoms with Crippen LogP contribution in [0.2, 0.25) is 0 Å². The molecule has 1 aliphatic rings. The highest BCUT2D eigenvalue weighted by Crippen LogP contribution is 2.31. The smallest absolute Gasteiger partial charge is 0.416 e. The molecule has 0 spiro atoms. The summed E-state index contributed by atoms with van der Waals surface area (Å²) in [5.74, 6) is 0.219. The third kappa shape index (κ3) is 6.34. The number of amides is 1. The topological polar surface area (TPSA) is 102 Å². The zero-order chi connectivity index (χ0) is 28.3. The Bertz CT molecular complexity index is 1480. The summed E-state index contributed by atoms with van der Waals surface area (Å²) >= 11 is 0. The highest BCUT2D eigenvalue weighted by atomic mass is 19.4. The van der Waals surface area contributed by atoms with Gasteiger partial charge >= 0.3 is 12.1 Å². The molecule has 0 aliphatic carbocycles. The molecule has 9 nitrogen and oxygen atoms in total. The van der Waals surface area contributed by atoms with Gasteiger partial charge in [-0.25, -0.2) is 0 Å². The second-order valence-corrected chi connectivity index (χ2v) is 9.24. The Kier molecular flexibility index (Phi) is 7.60. The SMILES string of the molecule is CC(=O)Oc1ccc(CN2CCN(C(=O)c3ccc(-c4nc(-c5ccc(C(F)(F)F)cc5)no4)nc3)CC2)cc1. The van der Waals surface area contributed by atoms with E-state index in [1.54, 1.807) is 29.2 Å². The van der Waals surface area contributed by atoms with Gasteiger partial charge in [-0.15, -0.1) is 0 Å². The monoisotopic (exact) mass is 551 g/mol. The summed E-state index contributed by atoms with van der Waals surface area (Å²) in [7, 11) is 0. The zero-order valence-corrected chi connectivity index (χ0v) is 21.4. The van der Waals surface area contributed by atoms with Crippen LogP contribution in [0.15, 0.2) is 71.4 Å². The van der Waals surface area contributed by atoms with Crippen molar-refractivity contribution in [2.75, 3.05) is 26.2 Å². The number of hydrogen-bond donors (Lipinski definition) is 0. The molecule has 0 saturated carbocycles. The van der Waals surface area contributed by atoms with E-state index in [1.165, 1.54) is 25.3 Å². The van der Waals surface area contributed by atoms with Gasteiger partial charge in [0.2, 0.25) is 5.82 Å². The second kappa shape index (κ2) is 11.3. The van der Waals surface area contributed by atoms with Crippen molar-refractivity contribution in [3.05, 3.63) is 83.6 Å². The Balaban J connectivity index is 1.15. The highest BCUT2D eigenvalue weighted by Gasteiger charge is 2.30. The van der Waals surface area contributed by atoms with Gasteiger partial charge in [0.25, 0.3) is 11.8 Å². The molecule has 40 heavy (non-hydrogen) atoms. The lowest BCUT2D eigenvalue weighted by atomic mass is 10.1. The van der Waals surface area contributed by atoms with Crippen molar-refractivity contribution < 1.29 is 32.0 Å². The molecule has 1 saturated heterocycles. The molecular weight excluding hydrogens is 527 g/mol. The molecule has 1 aliphatic heterocycles. The van der Waals surface area contributed by atoms with E-state index >= 15 is 0 Å². The molecule has 206 valence electrons. The third-order valence-electron chi connectivity index (χ3n) is 6.38. The summed E-state index contributed by atoms with van der Waals surface area (Å²) in [6.07, 6.45) is -2.99. The summed E-state index contributed by atoms with van der Waals surface area (Å²) in [4.78, 5) is 36.6. The number of pyridine rings is 1. The molecule has 0 N–H and O–H groups in total. The maximum Gasteiger partial charge on any atom is 0.416 e. The predicted molar refractivity (Wildman–Crippen MR) is 137 cm³/mol. The van der Waals surface area contributed by atoms with Gasteiger partial charge in [-0.1, -0.05) is 29.4 Å². The fourth-order valence-electron chi connectivity index (χ4n) is 4.28. The van der Waals surface area contributed by atoms with E-state index in [0.29, 0.717) is 48.7 Å². The number of hydrogen-bond acceptors (Lipinski definition) is 8. The summed E-state index contributed by atoms with van der Waals surface area (Å²) in [6, 6.07) is 15.0. The largest absolute Gasteiger partial charge is 0.427 e. The predicted octanol–water partition coefficient (Wildman–Crippen LogP) is 4.70. The Labute approximate surface area is 227 Å². The number of esters is 1. The van der Waals surface area contributed by atoms with Crippen LogP contribution in [0.1, 0.15) is 28.4 Å². The van der Waals surface area contributed by atoms with Crippen molar-refractivity contribution in [1.29, 1.82) is 0 Å². The molecule has 5 rings (SSSR count). The number of alkyl halides is 3. The number of carbonyl (C=O) groups excluding carboxylic acids is 2. The molecule has 3 heterocycles. The lowest BCUT2D eigenvalue weighted by Crippen LogP contribution is -2.48. The Morgan fingerprint density at radius 2 is 1.65 bits per heavy atom. The van der Waals surface area contributed by atoms with Crippen LogP contribution >= 0.6 is 0 Å². The average Bonchev–Trinajstić information content (AvgIpc) is 3.44. The minimum atomic E-state index is -4.43. The van der Waals surface area contributed by atoms with Crippen molar-refractivity contribution in [2.24, 2.45) is 0 Å². The van der Waals surface area contributed by atoms with Gasteiger partial charge < -0.3 is 14.2 Å². The van der Waals surface area contributed by atoms with Crippen LogP contribution in [0, 0.1) is 0 Å². The minimum absolute atomic E-state index is 0.0865. The Morgan fingerprint density at radius 1 is 0.950 bits per heavy atom. The molecule has 2 aromatic heterocycles. The number of nitrogens with zero attached hydrogens (tertiary/aromatic N) is 5. The number of carbonyl (C=O) groups is 2. The number of ether oxygens (including phenoxy) is 1. The maximum absolute atomic E-state index is 13.0. The Hall–Kier alpha value is -4.58. The fraction of sp³-hybridized carbons (Fsp3) is 0.250. The average molecular weight is 552 g/mol. The first kappa shape index (κ1) is 27.0. The van der Waals surface area contributed by atoms with Crippen LogP contribution in [0.3, 0.4) is 0 Å². The lowest BCUT2D eigenvalue weighted by Gasteiger charge is -2.34. The van der Waals surface area contributed by atoms with E-state index in [0.717, 1.165) is 24.2 Å². The highest BCUT2D eigenvalue weighted by molar-refractivity contribution is 5.94. The lowest BCUT2D eigenvalue weighted by molar-refractivity contribution is -0.137. The molecule has 0 bridgehead atoms. The molecule has 1 fully saturated rings. The first-order valence-corrected chi connectivity index (χ1v) is 12.4. The first-order chi connectivity index (χ1) is 19.2. The molecule has 12 heteroatoms. The molecule has 2 aromatic carbocycles. The van der Waals surface area contributed by atoms with E-state index < -0.39 is 11.7 Å². The third-order valence-corrected chi connectivity index (χ3v) is 6.38. The van der Waals surface area contributed by atoms with Crippen molar-refractivity contribution in [3.8, 4) is 28.7 Å². The second-order valence-electron chi connectivity index (χ2n) is 9.24. The van der Waals surface area contributed by atoms with Crippen LogP contribution in [-0.4, -0.2) is 63.0 Å². The minimum Gasteiger partial charge on any atom is -0.427 e. The number of benzene rings is 2. The fourth-order valence-corrected chi connectivity index (χ4v) is 4.28. The summed E-state index contributed by atoms with van der Waals surface area (Å²) < 4.78 is 48.7. The summed E-state index contributed by atoms with van der Waals surface area (Å²) in [5.41, 5.74) is 1.44. The van der Waals surface area contributed by atoms with E-state index in [9.17, 15) is 22.8 Å². The quantitative estimate of drug-likeness (QED) is 0.251. The molecule has 0 unspecified atom stereocenters. The van der Waals surface area contributed by atoms with Gasteiger partial charge in [-0.3, -0.25) is 19.5 Å². The number of aromatic nitrogens is 3. The molecular formula is C28H24F3N5O4. The molecule has 1 amide bonds. The maximum atomic E-state index is 13.0. The van der Waals surface area contributed by atoms with Crippen LogP contribution in [0.4, 0.5) is 13.2 Å². The molecule has 0 radical (unpaired) electrons. The van der Waals surface area contributed by atoms with Crippen molar-refractivity contribution in [3.63, 3.8) is 0 Å². The van der Waals surface area contributed by atoms with Gasteiger partial charge in [0, 0.05) is 51.4 Å². The molecule has 4 aromatic rings. The van der Waals surface area contributed by atoms with Crippen LogP contribution in [0.5, 0.6) is 5.75 Å². The van der Waals surface area contributed by atoms with Gasteiger partial charge in [-0.2, -0.15) is 18.2 Å². The normalized spacial score (nSPS) is 14.2. The zero-order valence-electron chi connectivity index (χ0n) is 21.4. The standard InChI is InChI=1S/C28H24F3N5O4/c1-18(37)39-23-9-2-19(3-10-23)17-35-12-14-36(15-13-35)27(38)21-6-11-24(32-16-21)26-33-25(34-40-26)20-4-7-22(8-5-20)28(29,30)31/h2-11,16H,12-15,17H2,1H3. The number of piperazine rings is 1. The van der Waals surface area contributed by atoms with E-state index in [-0.39, 0.29) is 23.6 Å². The van der Waals surface area contributed by atoms with Crippen molar-refractivity contribution >= 4 is 11.9 Å². The first-order valence-electron chi connectivity index (χ1n) is 12.4. The number of halogens is 3. The van der Waals surface area contributed by atoms with Crippen molar-refractivity contribution in [2.45, 2.75) is 19.6 Å².